The average Bonchev–Trinajstić information content (AvgIpc) is 2.76. The molecule has 0 bridgehead atoms. The number of thioether (sulfide) groups is 1. The maximum Gasteiger partial charge on any atom is 0.122 e. The quantitative estimate of drug-likeness (QED) is 0.875. The predicted molar refractivity (Wildman–Crippen MR) is 70.8 cm³/mol. The maximum atomic E-state index is 10.5. The summed E-state index contributed by atoms with van der Waals surface area (Å²) in [6.07, 6.45) is 2.86. The van der Waals surface area contributed by atoms with Crippen LogP contribution in [0.1, 0.15) is 30.7 Å². The molecular weight excluding hydrogens is 232 g/mol. The predicted octanol–water partition coefficient (Wildman–Crippen LogP) is 2.81. The van der Waals surface area contributed by atoms with Crippen LogP contribution in [0.2, 0.25) is 0 Å². The minimum atomic E-state index is -0.445. The van der Waals surface area contributed by atoms with Gasteiger partial charge in [0.2, 0.25) is 0 Å². The molecule has 2 aliphatic heterocycles. The van der Waals surface area contributed by atoms with Gasteiger partial charge in [0.25, 0.3) is 0 Å². The number of hydrogen-bond donors (Lipinski definition) is 1. The van der Waals surface area contributed by atoms with Crippen LogP contribution >= 0.6 is 11.8 Å². The van der Waals surface area contributed by atoms with Crippen LogP contribution in [0, 0.1) is 0 Å². The van der Waals surface area contributed by atoms with E-state index in [2.05, 4.69) is 12.1 Å². The Kier molecular flexibility index (Phi) is 3.05. The molecule has 0 aromatic heterocycles. The molecule has 3 rings (SSSR count). The third kappa shape index (κ3) is 2.31. The lowest BCUT2D eigenvalue weighted by molar-refractivity contribution is 0.0464. The first-order chi connectivity index (χ1) is 8.27. The van der Waals surface area contributed by atoms with Gasteiger partial charge in [0.05, 0.1) is 12.2 Å². The standard InChI is InChI=1S/C14H18O2S/c15-14(6-8-17-10-14)9-11-5-7-16-13-4-2-1-3-12(11)13/h1-4,11,15H,5-10H2. The largest absolute Gasteiger partial charge is 0.493 e. The molecule has 1 saturated heterocycles. The molecule has 0 amide bonds. The Morgan fingerprint density at radius 3 is 3.12 bits per heavy atom. The van der Waals surface area contributed by atoms with E-state index in [9.17, 15) is 5.11 Å². The van der Waals surface area contributed by atoms with Gasteiger partial charge < -0.3 is 9.84 Å². The van der Waals surface area contributed by atoms with Crippen molar-refractivity contribution >= 4 is 11.8 Å². The van der Waals surface area contributed by atoms with Crippen LogP contribution in [0.25, 0.3) is 0 Å². The van der Waals surface area contributed by atoms with Crippen molar-refractivity contribution < 1.29 is 9.84 Å². The number of aliphatic hydroxyl groups is 1. The van der Waals surface area contributed by atoms with Gasteiger partial charge in [-0.15, -0.1) is 0 Å². The van der Waals surface area contributed by atoms with Crippen molar-refractivity contribution in [1.29, 1.82) is 0 Å². The summed E-state index contributed by atoms with van der Waals surface area (Å²) >= 11 is 1.87. The highest BCUT2D eigenvalue weighted by Crippen LogP contribution is 2.42. The fraction of sp³-hybridized carbons (Fsp3) is 0.571. The van der Waals surface area contributed by atoms with Gasteiger partial charge in [-0.2, -0.15) is 11.8 Å². The summed E-state index contributed by atoms with van der Waals surface area (Å²) in [5.74, 6) is 3.47. The van der Waals surface area contributed by atoms with Crippen LogP contribution in [0.15, 0.2) is 24.3 Å². The van der Waals surface area contributed by atoms with Crippen LogP contribution in [0.5, 0.6) is 5.75 Å². The molecule has 0 saturated carbocycles. The molecule has 2 atom stereocenters. The van der Waals surface area contributed by atoms with E-state index in [1.54, 1.807) is 0 Å². The highest BCUT2D eigenvalue weighted by atomic mass is 32.2. The van der Waals surface area contributed by atoms with Crippen LogP contribution in [-0.2, 0) is 0 Å². The highest BCUT2D eigenvalue weighted by Gasteiger charge is 2.36. The molecule has 3 heteroatoms. The van der Waals surface area contributed by atoms with E-state index in [1.165, 1.54) is 5.56 Å². The van der Waals surface area contributed by atoms with E-state index in [0.717, 1.165) is 43.1 Å². The second-order valence-corrected chi connectivity index (χ2v) is 6.21. The van der Waals surface area contributed by atoms with E-state index in [4.69, 9.17) is 4.74 Å². The van der Waals surface area contributed by atoms with Crippen molar-refractivity contribution in [1.82, 2.24) is 0 Å². The van der Waals surface area contributed by atoms with Crippen molar-refractivity contribution in [3.8, 4) is 5.75 Å². The van der Waals surface area contributed by atoms with Crippen LogP contribution < -0.4 is 4.74 Å². The minimum Gasteiger partial charge on any atom is -0.493 e. The third-order valence-electron chi connectivity index (χ3n) is 3.79. The lowest BCUT2D eigenvalue weighted by Gasteiger charge is -2.31. The molecule has 2 heterocycles. The van der Waals surface area contributed by atoms with Gasteiger partial charge in [-0.3, -0.25) is 0 Å². The molecule has 2 aliphatic rings. The van der Waals surface area contributed by atoms with Gasteiger partial charge in [0.15, 0.2) is 0 Å². The fourth-order valence-electron chi connectivity index (χ4n) is 2.84. The molecule has 2 nitrogen and oxygen atoms in total. The van der Waals surface area contributed by atoms with Gasteiger partial charge in [-0.25, -0.2) is 0 Å². The van der Waals surface area contributed by atoms with E-state index in [0.29, 0.717) is 5.92 Å². The Morgan fingerprint density at radius 2 is 2.29 bits per heavy atom. The Hall–Kier alpha value is -0.670. The van der Waals surface area contributed by atoms with Gasteiger partial charge in [-0.05, 0) is 42.6 Å². The monoisotopic (exact) mass is 250 g/mol. The molecular formula is C14H18O2S. The molecule has 1 aromatic carbocycles. The van der Waals surface area contributed by atoms with Gasteiger partial charge in [0, 0.05) is 5.75 Å². The van der Waals surface area contributed by atoms with Gasteiger partial charge >= 0.3 is 0 Å². The number of para-hydroxylation sites is 1. The molecule has 1 aromatic rings. The van der Waals surface area contributed by atoms with Crippen molar-refractivity contribution in [2.45, 2.75) is 30.8 Å². The Labute approximate surface area is 106 Å². The number of benzene rings is 1. The molecule has 92 valence electrons. The highest BCUT2D eigenvalue weighted by molar-refractivity contribution is 7.99. The first kappa shape index (κ1) is 11.4. The summed E-state index contributed by atoms with van der Waals surface area (Å²) in [4.78, 5) is 0. The summed E-state index contributed by atoms with van der Waals surface area (Å²) in [5, 5.41) is 10.5. The van der Waals surface area contributed by atoms with Crippen molar-refractivity contribution in [2.24, 2.45) is 0 Å². The fourth-order valence-corrected chi connectivity index (χ4v) is 4.15. The zero-order valence-corrected chi connectivity index (χ0v) is 10.7. The number of fused-ring (bicyclic) bond motifs is 1. The number of ether oxygens (including phenoxy) is 1. The number of hydrogen-bond acceptors (Lipinski definition) is 3. The third-order valence-corrected chi connectivity index (χ3v) is 5.03. The lowest BCUT2D eigenvalue weighted by Crippen LogP contribution is -2.32. The summed E-state index contributed by atoms with van der Waals surface area (Å²) in [5.41, 5.74) is 0.837. The Morgan fingerprint density at radius 1 is 1.41 bits per heavy atom. The zero-order valence-electron chi connectivity index (χ0n) is 9.89. The summed E-state index contributed by atoms with van der Waals surface area (Å²) < 4.78 is 5.66. The summed E-state index contributed by atoms with van der Waals surface area (Å²) in [7, 11) is 0. The van der Waals surface area contributed by atoms with Gasteiger partial charge in [0.1, 0.15) is 5.75 Å². The second kappa shape index (κ2) is 4.54. The SMILES string of the molecule is OC1(CC2CCOc3ccccc32)CCSC1. The molecule has 1 N–H and O–H groups in total. The van der Waals surface area contributed by atoms with Crippen LogP contribution in [0.4, 0.5) is 0 Å². The van der Waals surface area contributed by atoms with Crippen LogP contribution in [0.3, 0.4) is 0 Å². The van der Waals surface area contributed by atoms with E-state index in [-0.39, 0.29) is 0 Å². The smallest absolute Gasteiger partial charge is 0.122 e. The van der Waals surface area contributed by atoms with E-state index >= 15 is 0 Å². The topological polar surface area (TPSA) is 29.5 Å². The second-order valence-electron chi connectivity index (χ2n) is 5.10. The van der Waals surface area contributed by atoms with Crippen molar-refractivity contribution in [3.05, 3.63) is 29.8 Å². The maximum absolute atomic E-state index is 10.5. The van der Waals surface area contributed by atoms with Crippen molar-refractivity contribution in [3.63, 3.8) is 0 Å². The molecule has 0 radical (unpaired) electrons. The Balaban J connectivity index is 1.81. The molecule has 17 heavy (non-hydrogen) atoms. The summed E-state index contributed by atoms with van der Waals surface area (Å²) in [6.45, 7) is 0.783. The first-order valence-electron chi connectivity index (χ1n) is 6.29. The van der Waals surface area contributed by atoms with Gasteiger partial charge in [-0.1, -0.05) is 18.2 Å². The molecule has 2 unspecified atom stereocenters. The molecule has 1 fully saturated rings. The lowest BCUT2D eigenvalue weighted by atomic mass is 9.82. The molecule has 0 aliphatic carbocycles. The van der Waals surface area contributed by atoms with Crippen LogP contribution in [-0.4, -0.2) is 28.8 Å². The molecule has 0 spiro atoms. The normalized spacial score (nSPS) is 31.9. The summed E-state index contributed by atoms with van der Waals surface area (Å²) in [6, 6.07) is 8.26. The first-order valence-corrected chi connectivity index (χ1v) is 7.44. The minimum absolute atomic E-state index is 0.445. The zero-order chi connectivity index (χ0) is 11.7. The average molecular weight is 250 g/mol. The Bertz CT molecular complexity index is 399. The van der Waals surface area contributed by atoms with E-state index in [1.807, 2.05) is 23.9 Å². The van der Waals surface area contributed by atoms with Crippen molar-refractivity contribution in [2.75, 3.05) is 18.1 Å². The van der Waals surface area contributed by atoms with E-state index < -0.39 is 5.60 Å². The number of rotatable bonds is 2.